The summed E-state index contributed by atoms with van der Waals surface area (Å²) in [7, 11) is -1.97. The Balaban J connectivity index is 1.06. The number of hydrogen-bond acceptors (Lipinski definition) is 13. The number of ether oxygens (including phenoxy) is 2. The van der Waals surface area contributed by atoms with Crippen molar-refractivity contribution >= 4 is 77.6 Å². The zero-order valence-electron chi connectivity index (χ0n) is 31.2. The lowest BCUT2D eigenvalue weighted by molar-refractivity contribution is 0.00901. The molecule has 4 heterocycles. The van der Waals surface area contributed by atoms with Crippen LogP contribution in [-0.2, 0) is 14.8 Å². The summed E-state index contributed by atoms with van der Waals surface area (Å²) in [5.74, 6) is 1.91. The van der Waals surface area contributed by atoms with Crippen LogP contribution in [0.1, 0.15) is 57.9 Å². The second kappa shape index (κ2) is 15.3. The fraction of sp³-hybridized carbons (Fsp3) is 0.486. The summed E-state index contributed by atoms with van der Waals surface area (Å²) in [5.41, 5.74) is 4.41. The van der Waals surface area contributed by atoms with Crippen molar-refractivity contribution in [3.05, 3.63) is 52.9 Å². The highest BCUT2D eigenvalue weighted by Crippen LogP contribution is 2.48. The SMILES string of the molecule is COc1cc(N2CCC(N3CCN(C(=O)OC(C)(C)C)CC3)CC2)c(C2CC2)cc1Nc1ncc(Br)c(Nc2ccc3nccnc3c2NS(C)(=O)=O)n1. The van der Waals surface area contributed by atoms with Crippen molar-refractivity contribution < 1.29 is 22.7 Å². The van der Waals surface area contributed by atoms with Crippen molar-refractivity contribution in [2.24, 2.45) is 0 Å². The summed E-state index contributed by atoms with van der Waals surface area (Å²) < 4.78 is 39.3. The molecule has 2 saturated heterocycles. The average molecular weight is 824 g/mol. The highest BCUT2D eigenvalue weighted by atomic mass is 79.9. The van der Waals surface area contributed by atoms with Crippen molar-refractivity contribution in [1.82, 2.24) is 29.7 Å². The van der Waals surface area contributed by atoms with E-state index >= 15 is 0 Å². The van der Waals surface area contributed by atoms with Gasteiger partial charge in [-0.1, -0.05) is 0 Å². The van der Waals surface area contributed by atoms with Gasteiger partial charge in [0.05, 0.1) is 40.4 Å². The number of benzene rings is 2. The molecule has 4 aromatic rings. The third kappa shape index (κ3) is 8.90. The number of piperidine rings is 1. The van der Waals surface area contributed by atoms with Gasteiger partial charge < -0.3 is 29.9 Å². The van der Waals surface area contributed by atoms with Crippen LogP contribution in [-0.4, -0.2) is 109 Å². The highest BCUT2D eigenvalue weighted by Gasteiger charge is 2.34. The number of sulfonamides is 1. The van der Waals surface area contributed by atoms with Gasteiger partial charge in [0.1, 0.15) is 22.7 Å². The number of carbonyl (C=O) groups excluding carboxylic acids is 1. The standard InChI is InChI=1S/C37H47BrN10O5S/c1-37(2,3)53-36(49)48-18-16-46(17-19-48)24-10-14-47(15-11-24)30-21-31(52-4)29(20-25(30)23-6-7-23)43-35-41-22-26(38)34(44-35)42-28-9-8-27-32(40-13-12-39-27)33(28)45-54(5,50)51/h8-9,12-13,20-24,45H,6-7,10-11,14-19H2,1-5H3,(H2,41,42,43,44). The first-order valence-corrected chi connectivity index (χ1v) is 20.9. The maximum Gasteiger partial charge on any atom is 0.410 e. The lowest BCUT2D eigenvalue weighted by atomic mass is 9.99. The molecule has 0 bridgehead atoms. The van der Waals surface area contributed by atoms with Crippen LogP contribution in [0.5, 0.6) is 5.75 Å². The van der Waals surface area contributed by atoms with E-state index in [4.69, 9.17) is 14.5 Å². The minimum absolute atomic E-state index is 0.227. The summed E-state index contributed by atoms with van der Waals surface area (Å²) in [4.78, 5) is 37.4. The second-order valence-electron chi connectivity index (χ2n) is 15.0. The number of aromatic nitrogens is 4. The molecule has 2 aromatic carbocycles. The van der Waals surface area contributed by atoms with E-state index in [1.807, 2.05) is 25.7 Å². The monoisotopic (exact) mass is 822 g/mol. The molecule has 1 saturated carbocycles. The summed E-state index contributed by atoms with van der Waals surface area (Å²) in [6, 6.07) is 8.27. The molecular formula is C37H47BrN10O5S. The van der Waals surface area contributed by atoms with E-state index in [0.29, 0.717) is 63.8 Å². The van der Waals surface area contributed by atoms with E-state index in [2.05, 4.69) is 68.2 Å². The average Bonchev–Trinajstić information content (AvgIpc) is 3.99. The van der Waals surface area contributed by atoms with Crippen LogP contribution in [0, 0.1) is 0 Å². The van der Waals surface area contributed by atoms with Crippen LogP contribution < -0.4 is 25.0 Å². The first kappa shape index (κ1) is 37.8. The molecule has 0 atom stereocenters. The molecule has 7 rings (SSSR count). The van der Waals surface area contributed by atoms with Crippen LogP contribution in [0.2, 0.25) is 0 Å². The summed E-state index contributed by atoms with van der Waals surface area (Å²) in [6.45, 7) is 10.7. The minimum atomic E-state index is -3.64. The molecule has 2 aromatic heterocycles. The largest absolute Gasteiger partial charge is 0.494 e. The molecule has 1 aliphatic carbocycles. The first-order valence-electron chi connectivity index (χ1n) is 18.2. The third-order valence-electron chi connectivity index (χ3n) is 9.83. The van der Waals surface area contributed by atoms with Gasteiger partial charge in [-0.25, -0.2) is 18.2 Å². The van der Waals surface area contributed by atoms with E-state index in [9.17, 15) is 13.2 Å². The zero-order chi connectivity index (χ0) is 38.2. The van der Waals surface area contributed by atoms with Crippen molar-refractivity contribution in [2.45, 2.75) is 64.0 Å². The van der Waals surface area contributed by atoms with Crippen LogP contribution >= 0.6 is 15.9 Å². The molecule has 2 aliphatic heterocycles. The molecule has 0 spiro atoms. The van der Waals surface area contributed by atoms with Gasteiger partial charge in [-0.2, -0.15) is 4.98 Å². The van der Waals surface area contributed by atoms with Gasteiger partial charge in [-0.3, -0.25) is 19.6 Å². The van der Waals surface area contributed by atoms with Crippen molar-refractivity contribution in [3.63, 3.8) is 0 Å². The van der Waals surface area contributed by atoms with E-state index in [1.54, 1.807) is 31.6 Å². The van der Waals surface area contributed by atoms with E-state index in [1.165, 1.54) is 17.4 Å². The Kier molecular flexibility index (Phi) is 10.7. The van der Waals surface area contributed by atoms with Crippen LogP contribution in [0.4, 0.5) is 39.3 Å². The Morgan fingerprint density at radius 1 is 0.926 bits per heavy atom. The molecule has 3 aliphatic rings. The van der Waals surface area contributed by atoms with Gasteiger partial charge in [0.25, 0.3) is 0 Å². The molecule has 288 valence electrons. The number of fused-ring (bicyclic) bond motifs is 1. The van der Waals surface area contributed by atoms with Crippen molar-refractivity contribution in [3.8, 4) is 5.75 Å². The lowest BCUT2D eigenvalue weighted by Gasteiger charge is -2.43. The Morgan fingerprint density at radius 2 is 1.65 bits per heavy atom. The maximum atomic E-state index is 12.6. The fourth-order valence-electron chi connectivity index (χ4n) is 7.11. The molecule has 3 fully saturated rings. The number of nitrogens with one attached hydrogen (secondary N) is 3. The van der Waals surface area contributed by atoms with E-state index < -0.39 is 15.6 Å². The number of rotatable bonds is 10. The Hall–Kier alpha value is -4.48. The van der Waals surface area contributed by atoms with Crippen molar-refractivity contribution in [1.29, 1.82) is 0 Å². The van der Waals surface area contributed by atoms with Crippen LogP contribution in [0.15, 0.2) is 47.3 Å². The number of nitrogens with zero attached hydrogens (tertiary/aromatic N) is 7. The van der Waals surface area contributed by atoms with Gasteiger partial charge in [0, 0.05) is 75.7 Å². The molecule has 0 unspecified atom stereocenters. The molecule has 1 amide bonds. The number of halogens is 1. The number of carbonyl (C=O) groups is 1. The quantitative estimate of drug-likeness (QED) is 0.160. The zero-order valence-corrected chi connectivity index (χ0v) is 33.6. The van der Waals surface area contributed by atoms with Gasteiger partial charge in [0.15, 0.2) is 0 Å². The van der Waals surface area contributed by atoms with Gasteiger partial charge in [0.2, 0.25) is 16.0 Å². The molecular weight excluding hydrogens is 776 g/mol. The molecule has 15 nitrogen and oxygen atoms in total. The fourth-order valence-corrected chi connectivity index (χ4v) is 7.98. The predicted molar refractivity (Wildman–Crippen MR) is 214 cm³/mol. The first-order chi connectivity index (χ1) is 25.7. The maximum absolute atomic E-state index is 12.6. The number of anilines is 6. The number of methoxy groups -OCH3 is 1. The van der Waals surface area contributed by atoms with Crippen LogP contribution in [0.25, 0.3) is 11.0 Å². The topological polar surface area (TPSA) is 167 Å². The highest BCUT2D eigenvalue weighted by molar-refractivity contribution is 9.10. The van der Waals surface area contributed by atoms with E-state index in [-0.39, 0.29) is 11.8 Å². The predicted octanol–water partition coefficient (Wildman–Crippen LogP) is 6.45. The van der Waals surface area contributed by atoms with Gasteiger partial charge in [-0.05, 0) is 92.1 Å². The Labute approximate surface area is 324 Å². The Bertz CT molecular complexity index is 2130. The number of hydrogen-bond donors (Lipinski definition) is 3. The lowest BCUT2D eigenvalue weighted by Crippen LogP contribution is -2.55. The second-order valence-corrected chi connectivity index (χ2v) is 17.6. The number of amides is 1. The number of piperazine rings is 1. The third-order valence-corrected chi connectivity index (χ3v) is 11.0. The van der Waals surface area contributed by atoms with Gasteiger partial charge in [-0.15, -0.1) is 0 Å². The molecule has 17 heteroatoms. The van der Waals surface area contributed by atoms with Crippen LogP contribution in [0.3, 0.4) is 0 Å². The smallest absolute Gasteiger partial charge is 0.410 e. The minimum Gasteiger partial charge on any atom is -0.494 e. The summed E-state index contributed by atoms with van der Waals surface area (Å²) in [6.07, 6.45) is 9.93. The van der Waals surface area contributed by atoms with Crippen molar-refractivity contribution in [2.75, 3.05) is 72.9 Å². The summed E-state index contributed by atoms with van der Waals surface area (Å²) >= 11 is 3.54. The molecule has 0 radical (unpaired) electrons. The molecule has 3 N–H and O–H groups in total. The van der Waals surface area contributed by atoms with E-state index in [0.717, 1.165) is 63.8 Å². The normalized spacial score (nSPS) is 17.4. The molecule has 54 heavy (non-hydrogen) atoms. The Morgan fingerprint density at radius 3 is 2.31 bits per heavy atom. The van der Waals surface area contributed by atoms with Gasteiger partial charge >= 0.3 is 6.09 Å². The summed E-state index contributed by atoms with van der Waals surface area (Å²) in [5, 5.41) is 6.63.